The molecule has 5 heteroatoms. The highest BCUT2D eigenvalue weighted by atomic mass is 35.5. The van der Waals surface area contributed by atoms with Crippen molar-refractivity contribution in [1.29, 1.82) is 0 Å². The molecule has 2 aromatic rings. The summed E-state index contributed by atoms with van der Waals surface area (Å²) in [6.07, 6.45) is 0.851. The smallest absolute Gasteiger partial charge is 0.242 e. The third kappa shape index (κ3) is 6.68. The molecule has 0 aromatic heterocycles. The summed E-state index contributed by atoms with van der Waals surface area (Å²) in [6, 6.07) is 16.7. The number of hydrogen-bond donors (Lipinski definition) is 1. The number of nitrogens with zero attached hydrogens (tertiary/aromatic N) is 1. The molecule has 2 rings (SSSR count). The molecule has 150 valence electrons. The number of carbonyl (C=O) groups is 2. The quantitative estimate of drug-likeness (QED) is 0.755. The second-order valence-electron chi connectivity index (χ2n) is 8.01. The Kier molecular flexibility index (Phi) is 7.64. The summed E-state index contributed by atoms with van der Waals surface area (Å²) >= 11 is 6.23. The van der Waals surface area contributed by atoms with E-state index < -0.39 is 6.04 Å². The molecule has 28 heavy (non-hydrogen) atoms. The molecular weight excluding hydrogens is 372 g/mol. The Hall–Kier alpha value is -2.33. The Bertz CT molecular complexity index is 800. The Morgan fingerprint density at radius 3 is 2.25 bits per heavy atom. The van der Waals surface area contributed by atoms with E-state index >= 15 is 0 Å². The van der Waals surface area contributed by atoms with Gasteiger partial charge in [-0.05, 0) is 51.3 Å². The van der Waals surface area contributed by atoms with Crippen LogP contribution in [0.25, 0.3) is 0 Å². The zero-order chi connectivity index (χ0) is 20.7. The van der Waals surface area contributed by atoms with Gasteiger partial charge in [-0.1, -0.05) is 60.1 Å². The van der Waals surface area contributed by atoms with Crippen molar-refractivity contribution in [3.8, 4) is 0 Å². The van der Waals surface area contributed by atoms with Crippen LogP contribution in [0, 0.1) is 0 Å². The number of hydrogen-bond acceptors (Lipinski definition) is 2. The molecule has 1 N–H and O–H groups in total. The summed E-state index contributed by atoms with van der Waals surface area (Å²) in [5.41, 5.74) is 1.53. The van der Waals surface area contributed by atoms with Crippen LogP contribution >= 0.6 is 11.6 Å². The van der Waals surface area contributed by atoms with Crippen LogP contribution in [-0.2, 0) is 22.4 Å². The van der Waals surface area contributed by atoms with Crippen molar-refractivity contribution in [2.24, 2.45) is 0 Å². The molecule has 0 unspecified atom stereocenters. The molecule has 0 radical (unpaired) electrons. The van der Waals surface area contributed by atoms with E-state index in [1.165, 1.54) is 0 Å². The molecule has 0 saturated carbocycles. The first kappa shape index (κ1) is 22.0. The van der Waals surface area contributed by atoms with Crippen LogP contribution in [-0.4, -0.2) is 34.8 Å². The van der Waals surface area contributed by atoms with Crippen molar-refractivity contribution in [2.75, 3.05) is 6.54 Å². The van der Waals surface area contributed by atoms with Gasteiger partial charge in [0, 0.05) is 17.1 Å². The first-order valence-electron chi connectivity index (χ1n) is 9.56. The van der Waals surface area contributed by atoms with E-state index in [2.05, 4.69) is 5.32 Å². The fraction of sp³-hybridized carbons (Fsp3) is 0.391. The molecule has 0 spiro atoms. The second kappa shape index (κ2) is 9.74. The number of rotatable bonds is 7. The largest absolute Gasteiger partial charge is 0.350 e. The van der Waals surface area contributed by atoms with Crippen LogP contribution in [0.3, 0.4) is 0 Å². The Balaban J connectivity index is 2.17. The SMILES string of the molecule is C[C@H](C(=O)NC(C)(C)C)N(CCc1ccccc1)C(=O)Cc1ccccc1Cl. The molecule has 0 saturated heterocycles. The van der Waals surface area contributed by atoms with E-state index in [-0.39, 0.29) is 23.8 Å². The van der Waals surface area contributed by atoms with Gasteiger partial charge in [0.15, 0.2) is 0 Å². The fourth-order valence-corrected chi connectivity index (χ4v) is 3.15. The first-order chi connectivity index (χ1) is 13.2. The monoisotopic (exact) mass is 400 g/mol. The Morgan fingerprint density at radius 1 is 1.04 bits per heavy atom. The van der Waals surface area contributed by atoms with Crippen molar-refractivity contribution >= 4 is 23.4 Å². The zero-order valence-electron chi connectivity index (χ0n) is 17.0. The van der Waals surface area contributed by atoms with Crippen LogP contribution in [0.15, 0.2) is 54.6 Å². The van der Waals surface area contributed by atoms with Gasteiger partial charge in [-0.15, -0.1) is 0 Å². The molecule has 0 heterocycles. The topological polar surface area (TPSA) is 49.4 Å². The van der Waals surface area contributed by atoms with E-state index in [0.717, 1.165) is 11.1 Å². The van der Waals surface area contributed by atoms with E-state index in [0.29, 0.717) is 18.0 Å². The van der Waals surface area contributed by atoms with E-state index in [9.17, 15) is 9.59 Å². The van der Waals surface area contributed by atoms with Crippen molar-refractivity contribution in [3.63, 3.8) is 0 Å². The predicted octanol–water partition coefficient (Wildman–Crippen LogP) is 4.26. The normalized spacial score (nSPS) is 12.3. The van der Waals surface area contributed by atoms with Crippen LogP contribution in [0.2, 0.25) is 5.02 Å². The number of benzene rings is 2. The van der Waals surface area contributed by atoms with Crippen LogP contribution in [0.4, 0.5) is 0 Å². The molecule has 0 aliphatic heterocycles. The van der Waals surface area contributed by atoms with Crippen LogP contribution in [0.5, 0.6) is 0 Å². The third-order valence-corrected chi connectivity index (χ3v) is 4.82. The number of nitrogens with one attached hydrogen (secondary N) is 1. The fourth-order valence-electron chi connectivity index (χ4n) is 2.95. The molecule has 2 aromatic carbocycles. The lowest BCUT2D eigenvalue weighted by Crippen LogP contribution is -2.53. The maximum Gasteiger partial charge on any atom is 0.242 e. The molecule has 0 fully saturated rings. The molecule has 4 nitrogen and oxygen atoms in total. The van der Waals surface area contributed by atoms with Gasteiger partial charge in [-0.2, -0.15) is 0 Å². The highest BCUT2D eigenvalue weighted by molar-refractivity contribution is 6.31. The Labute approximate surface area is 172 Å². The van der Waals surface area contributed by atoms with Gasteiger partial charge in [0.2, 0.25) is 11.8 Å². The maximum atomic E-state index is 13.1. The molecular formula is C23H29ClN2O2. The number of carbonyl (C=O) groups excluding carboxylic acids is 2. The second-order valence-corrected chi connectivity index (χ2v) is 8.41. The summed E-state index contributed by atoms with van der Waals surface area (Å²) in [5, 5.41) is 3.53. The van der Waals surface area contributed by atoms with Crippen LogP contribution < -0.4 is 5.32 Å². The molecule has 0 aliphatic carbocycles. The minimum absolute atomic E-state index is 0.111. The number of amides is 2. The lowest BCUT2D eigenvalue weighted by molar-refractivity contribution is -0.140. The standard InChI is InChI=1S/C23H29ClN2O2/c1-17(22(28)25-23(2,3)4)26(15-14-18-10-6-5-7-11-18)21(27)16-19-12-8-9-13-20(19)24/h5-13,17H,14-16H2,1-4H3,(H,25,28)/t17-/m1/s1. The third-order valence-electron chi connectivity index (χ3n) is 4.45. The van der Waals surface area contributed by atoms with Gasteiger partial charge in [-0.25, -0.2) is 0 Å². The summed E-state index contributed by atoms with van der Waals surface area (Å²) in [4.78, 5) is 27.4. The lowest BCUT2D eigenvalue weighted by Gasteiger charge is -2.31. The summed E-state index contributed by atoms with van der Waals surface area (Å²) in [5.74, 6) is -0.270. The highest BCUT2D eigenvalue weighted by Crippen LogP contribution is 2.17. The van der Waals surface area contributed by atoms with Crippen molar-refractivity contribution in [1.82, 2.24) is 10.2 Å². The average Bonchev–Trinajstić information content (AvgIpc) is 2.63. The molecule has 2 amide bonds. The van der Waals surface area contributed by atoms with Crippen molar-refractivity contribution in [3.05, 3.63) is 70.7 Å². The van der Waals surface area contributed by atoms with Gasteiger partial charge in [-0.3, -0.25) is 9.59 Å². The minimum Gasteiger partial charge on any atom is -0.350 e. The van der Waals surface area contributed by atoms with E-state index in [1.54, 1.807) is 17.9 Å². The average molecular weight is 401 g/mol. The number of halogens is 1. The summed E-state index contributed by atoms with van der Waals surface area (Å²) in [7, 11) is 0. The highest BCUT2D eigenvalue weighted by Gasteiger charge is 2.28. The summed E-state index contributed by atoms with van der Waals surface area (Å²) in [6.45, 7) is 8.02. The van der Waals surface area contributed by atoms with Crippen LogP contribution in [0.1, 0.15) is 38.8 Å². The summed E-state index contributed by atoms with van der Waals surface area (Å²) < 4.78 is 0. The van der Waals surface area contributed by atoms with Gasteiger partial charge >= 0.3 is 0 Å². The van der Waals surface area contributed by atoms with E-state index in [1.807, 2.05) is 69.3 Å². The molecule has 1 atom stereocenters. The first-order valence-corrected chi connectivity index (χ1v) is 9.94. The van der Waals surface area contributed by atoms with Crippen molar-refractivity contribution in [2.45, 2.75) is 52.1 Å². The minimum atomic E-state index is -0.571. The Morgan fingerprint density at radius 2 is 1.64 bits per heavy atom. The van der Waals surface area contributed by atoms with Gasteiger partial charge in [0.05, 0.1) is 6.42 Å². The molecule has 0 bridgehead atoms. The van der Waals surface area contributed by atoms with Gasteiger partial charge in [0.1, 0.15) is 6.04 Å². The predicted molar refractivity (Wildman–Crippen MR) is 114 cm³/mol. The van der Waals surface area contributed by atoms with Crippen molar-refractivity contribution < 1.29 is 9.59 Å². The van der Waals surface area contributed by atoms with E-state index in [4.69, 9.17) is 11.6 Å². The van der Waals surface area contributed by atoms with Gasteiger partial charge in [0.25, 0.3) is 0 Å². The maximum absolute atomic E-state index is 13.1. The molecule has 0 aliphatic rings. The lowest BCUT2D eigenvalue weighted by atomic mass is 10.1. The zero-order valence-corrected chi connectivity index (χ0v) is 17.8. The van der Waals surface area contributed by atoms with Gasteiger partial charge < -0.3 is 10.2 Å².